The largest absolute Gasteiger partial charge is 0.330 e. The van der Waals surface area contributed by atoms with Crippen molar-refractivity contribution in [2.45, 2.75) is 65.2 Å². The van der Waals surface area contributed by atoms with Gasteiger partial charge in [-0.1, -0.05) is 43.9 Å². The molecular formula is C22H29N5O2S. The molecule has 0 bridgehead atoms. The molecule has 1 fully saturated rings. The highest BCUT2D eigenvalue weighted by molar-refractivity contribution is 7.13. The minimum atomic E-state index is -0.346. The van der Waals surface area contributed by atoms with Crippen LogP contribution < -0.4 is 5.32 Å². The molecule has 1 aliphatic rings. The van der Waals surface area contributed by atoms with Crippen LogP contribution in [0.5, 0.6) is 0 Å². The Balaban J connectivity index is 1.85. The normalized spacial score (nSPS) is 15.9. The third-order valence-electron chi connectivity index (χ3n) is 5.52. The highest BCUT2D eigenvalue weighted by atomic mass is 32.1. The molecular weight excluding hydrogens is 398 g/mol. The van der Waals surface area contributed by atoms with Crippen LogP contribution >= 0.6 is 11.3 Å². The number of nitrogens with one attached hydrogen (secondary N) is 1. The maximum Gasteiger partial charge on any atom is 0.278 e. The van der Waals surface area contributed by atoms with Crippen molar-refractivity contribution in [3.05, 3.63) is 45.6 Å². The summed E-state index contributed by atoms with van der Waals surface area (Å²) in [5.41, 5.74) is 4.93. The van der Waals surface area contributed by atoms with Gasteiger partial charge in [0.1, 0.15) is 5.51 Å². The zero-order chi connectivity index (χ0) is 21.3. The van der Waals surface area contributed by atoms with Crippen LogP contribution in [0.2, 0.25) is 0 Å². The van der Waals surface area contributed by atoms with Crippen LogP contribution in [-0.4, -0.2) is 20.8 Å². The van der Waals surface area contributed by atoms with Gasteiger partial charge in [0.15, 0.2) is 0 Å². The smallest absolute Gasteiger partial charge is 0.278 e. The molecule has 0 amide bonds. The van der Waals surface area contributed by atoms with Crippen LogP contribution in [0, 0.1) is 16.0 Å². The second-order valence-corrected chi connectivity index (χ2v) is 8.56. The summed E-state index contributed by atoms with van der Waals surface area (Å²) in [6.07, 6.45) is 11.4. The van der Waals surface area contributed by atoms with Crippen molar-refractivity contribution in [3.8, 4) is 0 Å². The summed E-state index contributed by atoms with van der Waals surface area (Å²) in [6, 6.07) is 5.13. The van der Waals surface area contributed by atoms with Crippen LogP contribution in [0.1, 0.15) is 70.8 Å². The zero-order valence-electron chi connectivity index (χ0n) is 17.6. The van der Waals surface area contributed by atoms with Crippen molar-refractivity contribution in [1.29, 1.82) is 0 Å². The van der Waals surface area contributed by atoms with Crippen LogP contribution in [0.25, 0.3) is 5.57 Å². The van der Waals surface area contributed by atoms with E-state index in [0.29, 0.717) is 22.3 Å². The molecule has 2 aromatic rings. The maximum absolute atomic E-state index is 11.7. The molecule has 7 nitrogen and oxygen atoms in total. The third-order valence-corrected chi connectivity index (χ3v) is 6.12. The SMILES string of the molecule is CCCCC(=N/C=C(\C)c1ccc(Nc2nncs2)cc1[N+](=O)[O-])C1CCCCC1. The fourth-order valence-electron chi connectivity index (χ4n) is 3.86. The van der Waals surface area contributed by atoms with Gasteiger partial charge in [-0.2, -0.15) is 0 Å². The summed E-state index contributed by atoms with van der Waals surface area (Å²) in [6.45, 7) is 4.09. The Labute approximate surface area is 181 Å². The monoisotopic (exact) mass is 427 g/mol. The lowest BCUT2D eigenvalue weighted by atomic mass is 9.84. The van der Waals surface area contributed by atoms with Gasteiger partial charge in [-0.25, -0.2) is 0 Å². The van der Waals surface area contributed by atoms with Crippen molar-refractivity contribution in [2.24, 2.45) is 10.9 Å². The standard InChI is InChI=1S/C22H29N5O2S/c1-3-4-10-20(17-8-6-5-7-9-17)23-14-16(2)19-12-11-18(13-21(19)27(28)29)25-22-26-24-15-30-22/h11-15,17H,3-10H2,1-2H3,(H,25,26)/b16-14+,23-20?. The molecule has 1 aromatic carbocycles. The van der Waals surface area contributed by atoms with Gasteiger partial charge in [-0.15, -0.1) is 10.2 Å². The van der Waals surface area contributed by atoms with Crippen LogP contribution in [0.15, 0.2) is 34.9 Å². The predicted molar refractivity (Wildman–Crippen MR) is 123 cm³/mol. The number of rotatable bonds is 9. The number of nitrogens with zero attached hydrogens (tertiary/aromatic N) is 4. The van der Waals surface area contributed by atoms with E-state index in [-0.39, 0.29) is 10.6 Å². The van der Waals surface area contributed by atoms with E-state index in [9.17, 15) is 10.1 Å². The maximum atomic E-state index is 11.7. The summed E-state index contributed by atoms with van der Waals surface area (Å²) in [5.74, 6) is 0.558. The van der Waals surface area contributed by atoms with E-state index in [2.05, 4.69) is 22.4 Å². The average molecular weight is 428 g/mol. The summed E-state index contributed by atoms with van der Waals surface area (Å²) < 4.78 is 0. The summed E-state index contributed by atoms with van der Waals surface area (Å²) >= 11 is 1.34. The molecule has 1 heterocycles. The molecule has 0 spiro atoms. The highest BCUT2D eigenvalue weighted by Crippen LogP contribution is 2.31. The third kappa shape index (κ3) is 5.95. The van der Waals surface area contributed by atoms with E-state index in [1.807, 2.05) is 19.2 Å². The summed E-state index contributed by atoms with van der Waals surface area (Å²) in [7, 11) is 0. The van der Waals surface area contributed by atoms with Gasteiger partial charge in [0.25, 0.3) is 5.69 Å². The van der Waals surface area contributed by atoms with Crippen molar-refractivity contribution in [2.75, 3.05) is 5.32 Å². The van der Waals surface area contributed by atoms with E-state index in [1.54, 1.807) is 11.6 Å². The van der Waals surface area contributed by atoms with Gasteiger partial charge in [-0.05, 0) is 56.2 Å². The number of nitro benzene ring substituents is 1. The van der Waals surface area contributed by atoms with Gasteiger partial charge >= 0.3 is 0 Å². The number of hydrogen-bond donors (Lipinski definition) is 1. The van der Waals surface area contributed by atoms with E-state index < -0.39 is 0 Å². The molecule has 0 aliphatic heterocycles. The van der Waals surface area contributed by atoms with Gasteiger partial charge < -0.3 is 5.32 Å². The number of hydrogen-bond acceptors (Lipinski definition) is 7. The van der Waals surface area contributed by atoms with Crippen molar-refractivity contribution >= 4 is 39.1 Å². The molecule has 0 unspecified atom stereocenters. The second kappa shape index (κ2) is 11.0. The molecule has 8 heteroatoms. The van der Waals surface area contributed by atoms with Crippen molar-refractivity contribution in [3.63, 3.8) is 0 Å². The van der Waals surface area contributed by atoms with Crippen LogP contribution in [0.3, 0.4) is 0 Å². The number of anilines is 2. The van der Waals surface area contributed by atoms with Gasteiger partial charge in [0.2, 0.25) is 5.13 Å². The number of benzene rings is 1. The fraction of sp³-hybridized carbons (Fsp3) is 0.500. The summed E-state index contributed by atoms with van der Waals surface area (Å²) in [4.78, 5) is 16.2. The molecule has 0 atom stereocenters. The minimum Gasteiger partial charge on any atom is -0.330 e. The number of allylic oxidation sites excluding steroid dienone is 1. The second-order valence-electron chi connectivity index (χ2n) is 7.73. The zero-order valence-corrected chi connectivity index (χ0v) is 18.5. The summed E-state index contributed by atoms with van der Waals surface area (Å²) in [5, 5.41) is 23.0. The van der Waals surface area contributed by atoms with E-state index in [0.717, 1.165) is 24.8 Å². The van der Waals surface area contributed by atoms with Crippen LogP contribution in [-0.2, 0) is 0 Å². The molecule has 30 heavy (non-hydrogen) atoms. The average Bonchev–Trinajstić information content (AvgIpc) is 3.27. The van der Waals surface area contributed by atoms with Gasteiger partial charge in [0.05, 0.1) is 10.5 Å². The Morgan fingerprint density at radius 2 is 2.17 bits per heavy atom. The fourth-order valence-corrected chi connectivity index (χ4v) is 4.33. The number of unbranched alkanes of at least 4 members (excludes halogenated alkanes) is 1. The first-order valence-electron chi connectivity index (χ1n) is 10.6. The first-order chi connectivity index (χ1) is 14.6. The lowest BCUT2D eigenvalue weighted by molar-refractivity contribution is -0.385. The number of aliphatic imine (C=N–C) groups is 1. The molecule has 0 saturated heterocycles. The van der Waals surface area contributed by atoms with Crippen LogP contribution in [0.4, 0.5) is 16.5 Å². The van der Waals surface area contributed by atoms with Gasteiger partial charge in [0, 0.05) is 23.7 Å². The Morgan fingerprint density at radius 3 is 2.83 bits per heavy atom. The first-order valence-corrected chi connectivity index (χ1v) is 11.5. The quantitative estimate of drug-likeness (QED) is 0.271. The number of aromatic nitrogens is 2. The van der Waals surface area contributed by atoms with Gasteiger partial charge in [-0.3, -0.25) is 15.1 Å². The lowest BCUT2D eigenvalue weighted by Gasteiger charge is -2.23. The van der Waals surface area contributed by atoms with E-state index in [4.69, 9.17) is 4.99 Å². The Kier molecular flexibility index (Phi) is 8.07. The topological polar surface area (TPSA) is 93.3 Å². The molecule has 0 radical (unpaired) electrons. The molecule has 1 aromatic heterocycles. The van der Waals surface area contributed by atoms with Crippen molar-refractivity contribution in [1.82, 2.24) is 10.2 Å². The lowest BCUT2D eigenvalue weighted by Crippen LogP contribution is -2.17. The Hall–Kier alpha value is -2.61. The Morgan fingerprint density at radius 1 is 1.37 bits per heavy atom. The molecule has 3 rings (SSSR count). The van der Waals surface area contributed by atoms with E-state index >= 15 is 0 Å². The predicted octanol–water partition coefficient (Wildman–Crippen LogP) is 6.76. The first kappa shape index (κ1) is 22.1. The molecule has 1 N–H and O–H groups in total. The molecule has 1 saturated carbocycles. The van der Waals surface area contributed by atoms with Crippen molar-refractivity contribution < 1.29 is 4.92 Å². The number of nitro groups is 1. The molecule has 1 aliphatic carbocycles. The van der Waals surface area contributed by atoms with E-state index in [1.165, 1.54) is 55.2 Å². The highest BCUT2D eigenvalue weighted by Gasteiger charge is 2.19. The Bertz CT molecular complexity index is 902. The minimum absolute atomic E-state index is 0.0567. The molecule has 160 valence electrons.